The Morgan fingerprint density at radius 1 is 1.33 bits per heavy atom. The van der Waals surface area contributed by atoms with Crippen molar-refractivity contribution in [1.29, 1.82) is 0 Å². The van der Waals surface area contributed by atoms with Crippen LogP contribution in [0.1, 0.15) is 20.8 Å². The molecule has 1 amide bonds. The number of ether oxygens (including phenoxy) is 1. The summed E-state index contributed by atoms with van der Waals surface area (Å²) in [5, 5.41) is 0. The molecule has 1 fully saturated rings. The van der Waals surface area contributed by atoms with Crippen molar-refractivity contribution in [3.8, 4) is 0 Å². The van der Waals surface area contributed by atoms with Gasteiger partial charge in [0.1, 0.15) is 5.60 Å². The normalized spacial score (nSPS) is 16.0. The predicted octanol–water partition coefficient (Wildman–Crippen LogP) is 1.86. The van der Waals surface area contributed by atoms with Crippen molar-refractivity contribution < 1.29 is 13.9 Å². The third kappa shape index (κ3) is 3.96. The quantitative estimate of drug-likeness (QED) is 0.856. The van der Waals surface area contributed by atoms with Crippen LogP contribution >= 0.6 is 0 Å². The zero-order chi connectivity index (χ0) is 15.6. The first-order valence-electron chi connectivity index (χ1n) is 6.90. The molecule has 1 saturated heterocycles. The summed E-state index contributed by atoms with van der Waals surface area (Å²) >= 11 is 0. The lowest BCUT2D eigenvalue weighted by Crippen LogP contribution is -2.50. The number of carbonyl (C=O) groups excluding carboxylic acids is 1. The highest BCUT2D eigenvalue weighted by atomic mass is 19.1. The van der Waals surface area contributed by atoms with Crippen LogP contribution in [0.3, 0.4) is 0 Å². The summed E-state index contributed by atoms with van der Waals surface area (Å²) < 4.78 is 18.8. The maximum absolute atomic E-state index is 13.4. The molecular formula is C14H21FN4O2. The van der Waals surface area contributed by atoms with E-state index in [1.54, 1.807) is 11.1 Å². The molecule has 0 bridgehead atoms. The van der Waals surface area contributed by atoms with Crippen LogP contribution in [0.15, 0.2) is 12.3 Å². The molecule has 2 N–H and O–H groups in total. The number of halogens is 1. The van der Waals surface area contributed by atoms with E-state index in [9.17, 15) is 9.18 Å². The first-order chi connectivity index (χ1) is 9.76. The number of aromatic nitrogens is 1. The summed E-state index contributed by atoms with van der Waals surface area (Å²) in [6.07, 6.45) is 1.23. The third-order valence-corrected chi connectivity index (χ3v) is 3.15. The zero-order valence-electron chi connectivity index (χ0n) is 12.6. The maximum atomic E-state index is 13.4. The molecule has 1 aliphatic heterocycles. The van der Waals surface area contributed by atoms with Crippen LogP contribution < -0.4 is 10.6 Å². The number of pyridine rings is 1. The number of anilines is 2. The second-order valence-corrected chi connectivity index (χ2v) is 6.02. The Morgan fingerprint density at radius 3 is 2.48 bits per heavy atom. The highest BCUT2D eigenvalue weighted by molar-refractivity contribution is 5.68. The summed E-state index contributed by atoms with van der Waals surface area (Å²) in [6.45, 7) is 7.77. The van der Waals surface area contributed by atoms with E-state index in [0.29, 0.717) is 31.9 Å². The Balaban J connectivity index is 1.94. The fourth-order valence-electron chi connectivity index (χ4n) is 2.09. The molecule has 21 heavy (non-hydrogen) atoms. The van der Waals surface area contributed by atoms with E-state index in [0.717, 1.165) is 0 Å². The molecule has 1 aliphatic rings. The highest BCUT2D eigenvalue weighted by Gasteiger charge is 2.26. The van der Waals surface area contributed by atoms with Crippen LogP contribution in [0.4, 0.5) is 20.7 Å². The van der Waals surface area contributed by atoms with Crippen LogP contribution in [-0.2, 0) is 4.74 Å². The number of hydrogen-bond acceptors (Lipinski definition) is 5. The van der Waals surface area contributed by atoms with Crippen molar-refractivity contribution >= 4 is 17.6 Å². The van der Waals surface area contributed by atoms with E-state index in [4.69, 9.17) is 10.5 Å². The van der Waals surface area contributed by atoms with Crippen LogP contribution in [-0.4, -0.2) is 47.8 Å². The minimum Gasteiger partial charge on any atom is -0.444 e. The molecule has 0 aliphatic carbocycles. The van der Waals surface area contributed by atoms with Crippen molar-refractivity contribution in [3.05, 3.63) is 18.1 Å². The Kier molecular flexibility index (Phi) is 4.20. The number of nitrogen functional groups attached to an aromatic ring is 1. The predicted molar refractivity (Wildman–Crippen MR) is 78.6 cm³/mol. The smallest absolute Gasteiger partial charge is 0.410 e. The Hall–Kier alpha value is -2.05. The average Bonchev–Trinajstić information content (AvgIpc) is 2.40. The van der Waals surface area contributed by atoms with Gasteiger partial charge in [-0.25, -0.2) is 14.2 Å². The maximum Gasteiger partial charge on any atom is 0.410 e. The number of rotatable bonds is 1. The number of nitrogens with two attached hydrogens (primary N) is 1. The lowest BCUT2D eigenvalue weighted by molar-refractivity contribution is 0.0240. The van der Waals surface area contributed by atoms with Crippen LogP contribution in [0, 0.1) is 5.82 Å². The summed E-state index contributed by atoms with van der Waals surface area (Å²) in [6, 6.07) is 1.37. The van der Waals surface area contributed by atoms with Gasteiger partial charge in [-0.15, -0.1) is 0 Å². The van der Waals surface area contributed by atoms with E-state index in [1.807, 2.05) is 25.7 Å². The van der Waals surface area contributed by atoms with Crippen molar-refractivity contribution in [2.45, 2.75) is 26.4 Å². The van der Waals surface area contributed by atoms with E-state index in [-0.39, 0.29) is 11.9 Å². The first kappa shape index (κ1) is 15.3. The molecule has 0 radical (unpaired) electrons. The van der Waals surface area contributed by atoms with Gasteiger partial charge in [-0.05, 0) is 20.8 Å². The van der Waals surface area contributed by atoms with Gasteiger partial charge in [0.15, 0.2) is 11.6 Å². The highest BCUT2D eigenvalue weighted by Crippen LogP contribution is 2.20. The monoisotopic (exact) mass is 296 g/mol. The summed E-state index contributed by atoms with van der Waals surface area (Å²) in [4.78, 5) is 19.4. The van der Waals surface area contributed by atoms with Gasteiger partial charge < -0.3 is 20.3 Å². The average molecular weight is 296 g/mol. The minimum atomic E-state index is -0.526. The van der Waals surface area contributed by atoms with Gasteiger partial charge in [0.05, 0.1) is 11.9 Å². The van der Waals surface area contributed by atoms with E-state index in [1.165, 1.54) is 6.07 Å². The van der Waals surface area contributed by atoms with Gasteiger partial charge in [-0.1, -0.05) is 0 Å². The minimum absolute atomic E-state index is 0.105. The first-order valence-corrected chi connectivity index (χ1v) is 6.90. The number of carbonyl (C=O) groups is 1. The fraction of sp³-hybridized carbons (Fsp3) is 0.571. The molecule has 0 atom stereocenters. The SMILES string of the molecule is CC(C)(C)OC(=O)N1CCN(c2cnc(N)c(F)c2)CC1. The third-order valence-electron chi connectivity index (χ3n) is 3.15. The van der Waals surface area contributed by atoms with Crippen molar-refractivity contribution in [2.75, 3.05) is 36.8 Å². The summed E-state index contributed by atoms with van der Waals surface area (Å²) in [5.41, 5.74) is 5.53. The van der Waals surface area contributed by atoms with Crippen molar-refractivity contribution in [3.63, 3.8) is 0 Å². The molecule has 0 saturated carbocycles. The molecule has 1 aromatic rings. The number of amides is 1. The van der Waals surface area contributed by atoms with Gasteiger partial charge in [-0.2, -0.15) is 0 Å². The van der Waals surface area contributed by atoms with Gasteiger partial charge in [0.2, 0.25) is 0 Å². The molecule has 2 heterocycles. The second-order valence-electron chi connectivity index (χ2n) is 6.02. The van der Waals surface area contributed by atoms with Crippen molar-refractivity contribution in [1.82, 2.24) is 9.88 Å². The molecule has 0 unspecified atom stereocenters. The molecule has 0 spiro atoms. The molecular weight excluding hydrogens is 275 g/mol. The van der Waals surface area contributed by atoms with Crippen LogP contribution in [0.5, 0.6) is 0 Å². The van der Waals surface area contributed by atoms with Gasteiger partial charge >= 0.3 is 6.09 Å². The van der Waals surface area contributed by atoms with Crippen molar-refractivity contribution in [2.24, 2.45) is 0 Å². The van der Waals surface area contributed by atoms with Gasteiger partial charge in [0.25, 0.3) is 0 Å². The fourth-order valence-corrected chi connectivity index (χ4v) is 2.09. The van der Waals surface area contributed by atoms with E-state index < -0.39 is 11.4 Å². The summed E-state index contributed by atoms with van der Waals surface area (Å²) in [7, 11) is 0. The molecule has 116 valence electrons. The molecule has 7 heteroatoms. The molecule has 0 aromatic carbocycles. The zero-order valence-corrected chi connectivity index (χ0v) is 12.6. The molecule has 1 aromatic heterocycles. The van der Waals surface area contributed by atoms with Crippen LogP contribution in [0.25, 0.3) is 0 Å². The lowest BCUT2D eigenvalue weighted by Gasteiger charge is -2.36. The largest absolute Gasteiger partial charge is 0.444 e. The Bertz CT molecular complexity index is 522. The summed E-state index contributed by atoms with van der Waals surface area (Å²) in [5.74, 6) is -0.631. The van der Waals surface area contributed by atoms with Gasteiger partial charge in [-0.3, -0.25) is 0 Å². The van der Waals surface area contributed by atoms with Gasteiger partial charge in [0, 0.05) is 32.2 Å². The number of piperazine rings is 1. The van der Waals surface area contributed by atoms with E-state index in [2.05, 4.69) is 4.98 Å². The Morgan fingerprint density at radius 2 is 1.95 bits per heavy atom. The number of nitrogens with zero attached hydrogens (tertiary/aromatic N) is 3. The number of hydrogen-bond donors (Lipinski definition) is 1. The second kappa shape index (κ2) is 5.75. The molecule has 6 nitrogen and oxygen atoms in total. The standard InChI is InChI=1S/C14H21FN4O2/c1-14(2,3)21-13(20)19-6-4-18(5-7-19)10-8-11(15)12(16)17-9-10/h8-9H,4-7H2,1-3H3,(H2,16,17). The Labute approximate surface area is 123 Å². The molecule has 2 rings (SSSR count). The topological polar surface area (TPSA) is 71.7 Å². The lowest BCUT2D eigenvalue weighted by atomic mass is 10.2. The van der Waals surface area contributed by atoms with E-state index >= 15 is 0 Å². The van der Waals surface area contributed by atoms with Crippen LogP contribution in [0.2, 0.25) is 0 Å².